The van der Waals surface area contributed by atoms with Crippen LogP contribution < -0.4 is 0 Å². The zero-order chi connectivity index (χ0) is 6.85. The maximum atomic E-state index is 5.04. The van der Waals surface area contributed by atoms with Crippen molar-refractivity contribution < 1.29 is 0 Å². The molecule has 1 saturated carbocycles. The summed E-state index contributed by atoms with van der Waals surface area (Å²) in [6.07, 6.45) is 4.02. The second-order valence-electron chi connectivity index (χ2n) is 2.31. The molecule has 0 heterocycles. The number of allylic oxidation sites excluding steroid dienone is 3. The van der Waals surface area contributed by atoms with Gasteiger partial charge >= 0.3 is 0 Å². The van der Waals surface area contributed by atoms with Gasteiger partial charge in [0.15, 0.2) is 0 Å². The van der Waals surface area contributed by atoms with Crippen molar-refractivity contribution in [3.63, 3.8) is 0 Å². The van der Waals surface area contributed by atoms with E-state index < -0.39 is 0 Å². The minimum absolute atomic E-state index is 0.939. The van der Waals surface area contributed by atoms with Crippen LogP contribution in [0.25, 0.3) is 0 Å². The van der Waals surface area contributed by atoms with E-state index in [9.17, 15) is 0 Å². The van der Waals surface area contributed by atoms with E-state index in [1.807, 2.05) is 6.92 Å². The van der Waals surface area contributed by atoms with E-state index >= 15 is 0 Å². The van der Waals surface area contributed by atoms with E-state index in [1.54, 1.807) is 0 Å². The molecule has 1 rings (SSSR count). The fourth-order valence-electron chi connectivity index (χ4n) is 1.06. The maximum Gasteiger partial charge on any atom is 0.00409 e. The van der Waals surface area contributed by atoms with Crippen LogP contribution in [0.15, 0.2) is 23.8 Å². The molecule has 0 atom stereocenters. The molecule has 0 aliphatic heterocycles. The summed E-state index contributed by atoms with van der Waals surface area (Å²) in [5.41, 5.74) is 2.54. The molecule has 1 aliphatic carbocycles. The molecule has 1 heteroatoms. The van der Waals surface area contributed by atoms with Crippen LogP contribution >= 0.6 is 12.2 Å². The van der Waals surface area contributed by atoms with Crippen LogP contribution in [0, 0.1) is 0 Å². The Balaban J connectivity index is 2.81. The van der Waals surface area contributed by atoms with Gasteiger partial charge in [0, 0.05) is 17.7 Å². The summed E-state index contributed by atoms with van der Waals surface area (Å²) in [4.78, 5) is 1.13. The molecule has 1 aliphatic rings. The van der Waals surface area contributed by atoms with Gasteiger partial charge < -0.3 is 0 Å². The van der Waals surface area contributed by atoms with Crippen molar-refractivity contribution in [3.8, 4) is 0 Å². The molecule has 0 bridgehead atoms. The molecule has 0 saturated heterocycles. The topological polar surface area (TPSA) is 0 Å². The maximum absolute atomic E-state index is 5.04. The third-order valence-electron chi connectivity index (χ3n) is 1.60. The Morgan fingerprint density at radius 2 is 2.22 bits per heavy atom. The lowest BCUT2D eigenvalue weighted by Gasteiger charge is -1.90. The highest BCUT2D eigenvalue weighted by Crippen LogP contribution is 2.26. The van der Waals surface area contributed by atoms with Crippen molar-refractivity contribution in [2.75, 3.05) is 0 Å². The molecule has 9 heavy (non-hydrogen) atoms. The second-order valence-corrected chi connectivity index (χ2v) is 2.89. The van der Waals surface area contributed by atoms with Crippen molar-refractivity contribution in [2.24, 2.45) is 0 Å². The highest BCUT2D eigenvalue weighted by molar-refractivity contribution is 7.80. The van der Waals surface area contributed by atoms with Crippen LogP contribution in [0.5, 0.6) is 0 Å². The molecule has 0 nitrogen and oxygen atoms in total. The Labute approximate surface area is 61.3 Å². The van der Waals surface area contributed by atoms with E-state index in [2.05, 4.69) is 12.7 Å². The van der Waals surface area contributed by atoms with Crippen molar-refractivity contribution >= 4 is 17.1 Å². The Morgan fingerprint density at radius 3 is 2.44 bits per heavy atom. The molecule has 0 amide bonds. The molecule has 0 spiro atoms. The van der Waals surface area contributed by atoms with Gasteiger partial charge in [-0.05, 0) is 18.1 Å². The molecule has 0 aromatic carbocycles. The third-order valence-corrected chi connectivity index (χ3v) is 1.89. The summed E-state index contributed by atoms with van der Waals surface area (Å²) in [6, 6.07) is 0. The lowest BCUT2D eigenvalue weighted by molar-refractivity contribution is 1.34. The summed E-state index contributed by atoms with van der Waals surface area (Å²) >= 11 is 5.04. The van der Waals surface area contributed by atoms with Crippen molar-refractivity contribution in [1.29, 1.82) is 0 Å². The van der Waals surface area contributed by atoms with Gasteiger partial charge in [0.25, 0.3) is 0 Å². The Bertz CT molecular complexity index is 187. The monoisotopic (exact) mass is 138 g/mol. The zero-order valence-electron chi connectivity index (χ0n) is 5.61. The van der Waals surface area contributed by atoms with Crippen LogP contribution in [0.1, 0.15) is 19.8 Å². The Hall–Kier alpha value is -0.430. The summed E-state index contributed by atoms with van der Waals surface area (Å²) < 4.78 is 0. The van der Waals surface area contributed by atoms with E-state index in [0.717, 1.165) is 17.7 Å². The highest BCUT2D eigenvalue weighted by atomic mass is 32.1. The van der Waals surface area contributed by atoms with Crippen LogP contribution in [0.2, 0.25) is 0 Å². The first kappa shape index (κ1) is 6.69. The first-order chi connectivity index (χ1) is 4.24. The predicted octanol–water partition coefficient (Wildman–Crippen LogP) is 2.65. The summed E-state index contributed by atoms with van der Waals surface area (Å²) in [6.45, 7) is 5.94. The van der Waals surface area contributed by atoms with E-state index in [0.29, 0.717) is 0 Å². The largest absolute Gasteiger partial charge is 0.0952 e. The van der Waals surface area contributed by atoms with Crippen molar-refractivity contribution in [3.05, 3.63) is 23.8 Å². The van der Waals surface area contributed by atoms with Gasteiger partial charge in [-0.2, -0.15) is 0 Å². The Kier molecular flexibility index (Phi) is 1.81. The Morgan fingerprint density at radius 1 is 1.56 bits per heavy atom. The second kappa shape index (κ2) is 2.44. The molecule has 0 unspecified atom stereocenters. The number of hydrogen-bond acceptors (Lipinski definition) is 1. The van der Waals surface area contributed by atoms with Gasteiger partial charge in [-0.3, -0.25) is 0 Å². The fraction of sp³-hybridized carbons (Fsp3) is 0.375. The number of hydrogen-bond donors (Lipinski definition) is 0. The molecular weight excluding hydrogens is 128 g/mol. The average molecular weight is 138 g/mol. The predicted molar refractivity (Wildman–Crippen MR) is 44.7 cm³/mol. The smallest absolute Gasteiger partial charge is 0.00409 e. The standard InChI is InChI=1S/C8H10S/c1-3-7-5-8(9)4-6(7)2/h3H,2,4-5H2,1H3/b7-3+. The minimum atomic E-state index is 0.939. The van der Waals surface area contributed by atoms with Crippen LogP contribution in [0.3, 0.4) is 0 Å². The summed E-state index contributed by atoms with van der Waals surface area (Å²) in [7, 11) is 0. The first-order valence-electron chi connectivity index (χ1n) is 3.09. The van der Waals surface area contributed by atoms with Crippen LogP contribution in [-0.2, 0) is 0 Å². The van der Waals surface area contributed by atoms with E-state index in [1.165, 1.54) is 11.1 Å². The SMILES string of the molecule is C=C1CC(=S)C/C1=C\C. The van der Waals surface area contributed by atoms with Gasteiger partial charge in [0.05, 0.1) is 0 Å². The average Bonchev–Trinajstić information content (AvgIpc) is 2.10. The highest BCUT2D eigenvalue weighted by Gasteiger charge is 2.14. The molecule has 0 aromatic rings. The summed E-state index contributed by atoms with van der Waals surface area (Å²) in [5, 5.41) is 0. The molecular formula is C8H10S. The van der Waals surface area contributed by atoms with Gasteiger partial charge in [0.1, 0.15) is 0 Å². The van der Waals surface area contributed by atoms with Gasteiger partial charge in [0.2, 0.25) is 0 Å². The van der Waals surface area contributed by atoms with Crippen LogP contribution in [-0.4, -0.2) is 4.86 Å². The first-order valence-corrected chi connectivity index (χ1v) is 3.50. The van der Waals surface area contributed by atoms with Crippen LogP contribution in [0.4, 0.5) is 0 Å². The molecule has 1 fully saturated rings. The molecule has 0 radical (unpaired) electrons. The van der Waals surface area contributed by atoms with E-state index in [-0.39, 0.29) is 0 Å². The fourth-order valence-corrected chi connectivity index (χ4v) is 1.39. The lowest BCUT2D eigenvalue weighted by Crippen LogP contribution is -1.78. The zero-order valence-corrected chi connectivity index (χ0v) is 6.42. The number of thiocarbonyl (C=S) groups is 1. The molecule has 48 valence electrons. The van der Waals surface area contributed by atoms with Gasteiger partial charge in [-0.15, -0.1) is 0 Å². The van der Waals surface area contributed by atoms with Gasteiger partial charge in [-0.25, -0.2) is 0 Å². The molecule has 0 N–H and O–H groups in total. The minimum Gasteiger partial charge on any atom is -0.0952 e. The van der Waals surface area contributed by atoms with E-state index in [4.69, 9.17) is 12.2 Å². The molecule has 0 aromatic heterocycles. The summed E-state index contributed by atoms with van der Waals surface area (Å²) in [5.74, 6) is 0. The normalized spacial score (nSPS) is 23.9. The quantitative estimate of drug-likeness (QED) is 0.464. The van der Waals surface area contributed by atoms with Crippen molar-refractivity contribution in [1.82, 2.24) is 0 Å². The third kappa shape index (κ3) is 1.28. The van der Waals surface area contributed by atoms with Gasteiger partial charge in [-0.1, -0.05) is 24.9 Å². The number of rotatable bonds is 0. The van der Waals surface area contributed by atoms with Crippen molar-refractivity contribution in [2.45, 2.75) is 19.8 Å². The lowest BCUT2D eigenvalue weighted by atomic mass is 10.1.